The van der Waals surface area contributed by atoms with Crippen LogP contribution in [-0.2, 0) is 12.7 Å². The molecular weight excluding hydrogens is 267 g/mol. The first kappa shape index (κ1) is 14.4. The molecule has 0 amide bonds. The van der Waals surface area contributed by atoms with E-state index in [1.807, 2.05) is 13.0 Å². The third-order valence-electron chi connectivity index (χ3n) is 2.97. The molecule has 0 saturated carbocycles. The molecule has 0 radical (unpaired) electrons. The first-order chi connectivity index (χ1) is 9.45. The first-order valence-electron chi connectivity index (χ1n) is 6.40. The lowest BCUT2D eigenvalue weighted by molar-refractivity contribution is -0.210. The second-order valence-corrected chi connectivity index (χ2v) is 4.49. The Labute approximate surface area is 115 Å². The predicted octanol–water partition coefficient (Wildman–Crippen LogP) is 4.02. The van der Waals surface area contributed by atoms with E-state index in [9.17, 15) is 13.2 Å². The fourth-order valence-electron chi connectivity index (χ4n) is 2.08. The number of anilines is 1. The molecule has 0 aliphatic heterocycles. The highest BCUT2D eigenvalue weighted by Gasteiger charge is 2.35. The number of benzene rings is 1. The van der Waals surface area contributed by atoms with Crippen molar-refractivity contribution in [2.45, 2.75) is 26.1 Å². The van der Waals surface area contributed by atoms with E-state index in [4.69, 9.17) is 0 Å². The number of rotatable bonds is 4. The molecule has 0 unspecified atom stereocenters. The van der Waals surface area contributed by atoms with E-state index in [0.717, 1.165) is 18.4 Å². The second-order valence-electron chi connectivity index (χ2n) is 4.49. The highest BCUT2D eigenvalue weighted by Crippen LogP contribution is 2.32. The number of alkyl halides is 3. The van der Waals surface area contributed by atoms with Crippen molar-refractivity contribution in [1.29, 1.82) is 0 Å². The summed E-state index contributed by atoms with van der Waals surface area (Å²) >= 11 is 0. The van der Waals surface area contributed by atoms with Crippen LogP contribution in [0.15, 0.2) is 30.3 Å². The van der Waals surface area contributed by atoms with Gasteiger partial charge in [-0.05, 0) is 18.1 Å². The fraction of sp³-hybridized carbons (Fsp3) is 0.357. The number of aryl methyl sites for hydroxylation is 1. The summed E-state index contributed by atoms with van der Waals surface area (Å²) in [6.07, 6.45) is -2.75. The minimum atomic E-state index is -4.54. The molecule has 3 nitrogen and oxygen atoms in total. The van der Waals surface area contributed by atoms with Crippen LogP contribution in [0.5, 0.6) is 0 Å². The van der Waals surface area contributed by atoms with Crippen LogP contribution in [0.1, 0.15) is 18.9 Å². The molecule has 0 aliphatic rings. The molecule has 1 N–H and O–H groups in total. The summed E-state index contributed by atoms with van der Waals surface area (Å²) in [5.74, 6) is 0.193. The van der Waals surface area contributed by atoms with E-state index in [1.165, 1.54) is 6.07 Å². The molecule has 1 heterocycles. The predicted molar refractivity (Wildman–Crippen MR) is 72.5 cm³/mol. The van der Waals surface area contributed by atoms with Crippen LogP contribution in [0.25, 0.3) is 11.3 Å². The average molecular weight is 283 g/mol. The van der Waals surface area contributed by atoms with Crippen LogP contribution in [0.3, 0.4) is 0 Å². The van der Waals surface area contributed by atoms with Gasteiger partial charge in [-0.2, -0.15) is 4.68 Å². The highest BCUT2D eigenvalue weighted by atomic mass is 19.4. The Morgan fingerprint density at radius 3 is 2.60 bits per heavy atom. The van der Waals surface area contributed by atoms with E-state index in [-0.39, 0.29) is 16.2 Å². The van der Waals surface area contributed by atoms with Crippen molar-refractivity contribution in [3.63, 3.8) is 0 Å². The summed E-state index contributed by atoms with van der Waals surface area (Å²) in [5.41, 5.74) is 1.58. The standard InChI is InChI=1S/C14H16F3N3/c1-3-5-10-6-4-7-11(8-10)12-9-13(18-2)19-20(12)14(15,16)17/h4,6-9H,3,5H2,1-2H3,(H,18,19). The average Bonchev–Trinajstić information content (AvgIpc) is 2.83. The third kappa shape index (κ3) is 2.95. The molecule has 0 bridgehead atoms. The lowest BCUT2D eigenvalue weighted by atomic mass is 10.0. The number of nitrogens with one attached hydrogen (secondary N) is 1. The van der Waals surface area contributed by atoms with Crippen LogP contribution in [-0.4, -0.2) is 16.8 Å². The summed E-state index contributed by atoms with van der Waals surface area (Å²) in [5, 5.41) is 6.17. The van der Waals surface area contributed by atoms with Gasteiger partial charge in [0.1, 0.15) is 5.82 Å². The number of halogens is 3. The molecule has 6 heteroatoms. The van der Waals surface area contributed by atoms with Crippen LogP contribution < -0.4 is 5.32 Å². The monoisotopic (exact) mass is 283 g/mol. The molecule has 0 saturated heterocycles. The van der Waals surface area contributed by atoms with Crippen LogP contribution in [0.4, 0.5) is 19.0 Å². The molecular formula is C14H16F3N3. The van der Waals surface area contributed by atoms with Crippen molar-refractivity contribution in [2.75, 3.05) is 12.4 Å². The van der Waals surface area contributed by atoms with Gasteiger partial charge in [0, 0.05) is 18.7 Å². The van der Waals surface area contributed by atoms with E-state index in [0.29, 0.717) is 5.56 Å². The van der Waals surface area contributed by atoms with Crippen LogP contribution in [0.2, 0.25) is 0 Å². The number of nitrogens with zero attached hydrogens (tertiary/aromatic N) is 2. The molecule has 0 fully saturated rings. The second kappa shape index (κ2) is 5.56. The van der Waals surface area contributed by atoms with Gasteiger partial charge in [0.25, 0.3) is 0 Å². The van der Waals surface area contributed by atoms with Crippen molar-refractivity contribution < 1.29 is 13.2 Å². The Balaban J connectivity index is 2.51. The fourth-order valence-corrected chi connectivity index (χ4v) is 2.08. The molecule has 0 aliphatic carbocycles. The summed E-state index contributed by atoms with van der Waals surface area (Å²) in [6.45, 7) is 2.03. The molecule has 0 atom stereocenters. The maximum atomic E-state index is 13.0. The Bertz CT molecular complexity index is 588. The van der Waals surface area contributed by atoms with Crippen molar-refractivity contribution in [2.24, 2.45) is 0 Å². The van der Waals surface area contributed by atoms with Crippen molar-refractivity contribution in [1.82, 2.24) is 9.78 Å². The zero-order valence-corrected chi connectivity index (χ0v) is 11.3. The zero-order chi connectivity index (χ0) is 14.8. The van der Waals surface area contributed by atoms with Gasteiger partial charge in [-0.1, -0.05) is 31.5 Å². The van der Waals surface area contributed by atoms with Gasteiger partial charge in [0.15, 0.2) is 0 Å². The van der Waals surface area contributed by atoms with Crippen LogP contribution >= 0.6 is 0 Å². The maximum absolute atomic E-state index is 13.0. The summed E-state index contributed by atoms with van der Waals surface area (Å²) < 4.78 is 39.1. The molecule has 2 aromatic rings. The third-order valence-corrected chi connectivity index (χ3v) is 2.97. The van der Waals surface area contributed by atoms with E-state index >= 15 is 0 Å². The Kier molecular flexibility index (Phi) is 4.01. The molecule has 0 spiro atoms. The van der Waals surface area contributed by atoms with Crippen molar-refractivity contribution in [3.05, 3.63) is 35.9 Å². The number of hydrogen-bond donors (Lipinski definition) is 1. The summed E-state index contributed by atoms with van der Waals surface area (Å²) in [6, 6.07) is 8.53. The van der Waals surface area contributed by atoms with Gasteiger partial charge >= 0.3 is 6.30 Å². The minimum absolute atomic E-state index is 0.0415. The normalized spacial score (nSPS) is 11.7. The van der Waals surface area contributed by atoms with Gasteiger partial charge in [-0.3, -0.25) is 0 Å². The summed E-state index contributed by atoms with van der Waals surface area (Å²) in [7, 11) is 1.54. The van der Waals surface area contributed by atoms with E-state index in [2.05, 4.69) is 10.4 Å². The lowest BCUT2D eigenvalue weighted by Gasteiger charge is -2.11. The Morgan fingerprint density at radius 1 is 1.25 bits per heavy atom. The van der Waals surface area contributed by atoms with E-state index in [1.54, 1.807) is 25.2 Å². The minimum Gasteiger partial charge on any atom is -0.372 e. The molecule has 1 aromatic carbocycles. The molecule has 2 rings (SSSR count). The van der Waals surface area contributed by atoms with Crippen molar-refractivity contribution >= 4 is 5.82 Å². The van der Waals surface area contributed by atoms with Crippen LogP contribution in [0, 0.1) is 0 Å². The van der Waals surface area contributed by atoms with Gasteiger partial charge in [0.2, 0.25) is 0 Å². The van der Waals surface area contributed by atoms with Crippen molar-refractivity contribution in [3.8, 4) is 11.3 Å². The van der Waals surface area contributed by atoms with Gasteiger partial charge in [-0.15, -0.1) is 18.3 Å². The SMILES string of the molecule is CCCc1cccc(-c2cc(NC)nn2C(F)(F)F)c1. The summed E-state index contributed by atoms with van der Waals surface area (Å²) in [4.78, 5) is 0. The number of aromatic nitrogens is 2. The topological polar surface area (TPSA) is 29.9 Å². The smallest absolute Gasteiger partial charge is 0.372 e. The molecule has 1 aromatic heterocycles. The van der Waals surface area contributed by atoms with Gasteiger partial charge in [-0.25, -0.2) is 0 Å². The lowest BCUT2D eigenvalue weighted by Crippen LogP contribution is -2.19. The first-order valence-corrected chi connectivity index (χ1v) is 6.40. The molecule has 20 heavy (non-hydrogen) atoms. The quantitative estimate of drug-likeness (QED) is 0.918. The van der Waals surface area contributed by atoms with Gasteiger partial charge < -0.3 is 5.32 Å². The zero-order valence-electron chi connectivity index (χ0n) is 11.3. The Hall–Kier alpha value is -1.98. The molecule has 108 valence electrons. The highest BCUT2D eigenvalue weighted by molar-refractivity contribution is 5.64. The maximum Gasteiger partial charge on any atom is 0.505 e. The Morgan fingerprint density at radius 2 is 2.00 bits per heavy atom. The van der Waals surface area contributed by atoms with E-state index < -0.39 is 6.30 Å². The largest absolute Gasteiger partial charge is 0.505 e. The number of hydrogen-bond acceptors (Lipinski definition) is 2. The van der Waals surface area contributed by atoms with Gasteiger partial charge in [0.05, 0.1) is 5.69 Å².